The molecule has 0 aliphatic carbocycles. The number of halogens is 3. The SMILES string of the molecule is C=CCC(=O)COCC(F)(F)F. The molecule has 0 atom stereocenters. The Morgan fingerprint density at radius 3 is 2.50 bits per heavy atom. The molecule has 0 rings (SSSR count). The molecule has 0 aliphatic rings. The van der Waals surface area contributed by atoms with Crippen LogP contribution >= 0.6 is 0 Å². The van der Waals surface area contributed by atoms with Crippen molar-refractivity contribution in [3.63, 3.8) is 0 Å². The van der Waals surface area contributed by atoms with Gasteiger partial charge in [-0.1, -0.05) is 6.08 Å². The molecule has 2 nitrogen and oxygen atoms in total. The van der Waals surface area contributed by atoms with Gasteiger partial charge in [-0.05, 0) is 0 Å². The second-order valence-corrected chi connectivity index (χ2v) is 2.14. The van der Waals surface area contributed by atoms with Crippen LogP contribution in [0.15, 0.2) is 12.7 Å². The van der Waals surface area contributed by atoms with Gasteiger partial charge < -0.3 is 4.74 Å². The minimum Gasteiger partial charge on any atom is -0.364 e. The molecule has 0 heterocycles. The molecule has 0 N–H and O–H groups in total. The Hall–Kier alpha value is -0.840. The van der Waals surface area contributed by atoms with Gasteiger partial charge in [0.1, 0.15) is 13.2 Å². The van der Waals surface area contributed by atoms with Crippen LogP contribution in [-0.2, 0) is 9.53 Å². The maximum atomic E-state index is 11.4. The van der Waals surface area contributed by atoms with Crippen LogP contribution in [0.3, 0.4) is 0 Å². The van der Waals surface area contributed by atoms with Gasteiger partial charge in [0, 0.05) is 6.42 Å². The Morgan fingerprint density at radius 1 is 1.50 bits per heavy atom. The van der Waals surface area contributed by atoms with E-state index in [0.717, 1.165) is 0 Å². The Kier molecular flexibility index (Phi) is 4.58. The summed E-state index contributed by atoms with van der Waals surface area (Å²) >= 11 is 0. The van der Waals surface area contributed by atoms with Crippen molar-refractivity contribution in [2.45, 2.75) is 12.6 Å². The molecule has 0 spiro atoms. The van der Waals surface area contributed by atoms with Gasteiger partial charge in [-0.2, -0.15) is 13.2 Å². The number of hydrogen-bond donors (Lipinski definition) is 0. The van der Waals surface area contributed by atoms with E-state index in [4.69, 9.17) is 0 Å². The lowest BCUT2D eigenvalue weighted by molar-refractivity contribution is -0.175. The highest BCUT2D eigenvalue weighted by molar-refractivity contribution is 5.80. The van der Waals surface area contributed by atoms with E-state index in [1.165, 1.54) is 6.08 Å². The predicted octanol–water partition coefficient (Wildman–Crippen LogP) is 1.71. The van der Waals surface area contributed by atoms with Gasteiger partial charge in [-0.15, -0.1) is 6.58 Å². The number of allylic oxidation sites excluding steroid dienone is 1. The van der Waals surface area contributed by atoms with E-state index in [0.29, 0.717) is 0 Å². The largest absolute Gasteiger partial charge is 0.411 e. The number of ether oxygens (including phenoxy) is 1. The van der Waals surface area contributed by atoms with Gasteiger partial charge in [0.2, 0.25) is 0 Å². The Labute approximate surface area is 68.0 Å². The van der Waals surface area contributed by atoms with Crippen LogP contribution in [-0.4, -0.2) is 25.2 Å². The monoisotopic (exact) mass is 182 g/mol. The Morgan fingerprint density at radius 2 is 2.08 bits per heavy atom. The number of hydrogen-bond acceptors (Lipinski definition) is 2. The zero-order chi connectivity index (χ0) is 9.61. The second kappa shape index (κ2) is 4.92. The number of carbonyl (C=O) groups excluding carboxylic acids is 1. The molecule has 0 unspecified atom stereocenters. The predicted molar refractivity (Wildman–Crippen MR) is 36.7 cm³/mol. The maximum absolute atomic E-state index is 11.4. The molecule has 0 radical (unpaired) electrons. The van der Waals surface area contributed by atoms with Crippen LogP contribution in [0.1, 0.15) is 6.42 Å². The fraction of sp³-hybridized carbons (Fsp3) is 0.571. The third-order valence-corrected chi connectivity index (χ3v) is 0.901. The fourth-order valence-corrected chi connectivity index (χ4v) is 0.501. The molecule has 0 saturated heterocycles. The smallest absolute Gasteiger partial charge is 0.364 e. The van der Waals surface area contributed by atoms with E-state index >= 15 is 0 Å². The topological polar surface area (TPSA) is 26.3 Å². The van der Waals surface area contributed by atoms with Crippen molar-refractivity contribution < 1.29 is 22.7 Å². The fourth-order valence-electron chi connectivity index (χ4n) is 0.501. The third kappa shape index (κ3) is 7.27. The van der Waals surface area contributed by atoms with Gasteiger partial charge in [-0.25, -0.2) is 0 Å². The summed E-state index contributed by atoms with van der Waals surface area (Å²) in [5, 5.41) is 0. The molecular formula is C7H9F3O2. The van der Waals surface area contributed by atoms with Crippen molar-refractivity contribution in [2.24, 2.45) is 0 Å². The summed E-state index contributed by atoms with van der Waals surface area (Å²) in [5.74, 6) is -0.408. The van der Waals surface area contributed by atoms with Gasteiger partial charge in [0.15, 0.2) is 5.78 Å². The van der Waals surface area contributed by atoms with Crippen molar-refractivity contribution >= 4 is 5.78 Å². The summed E-state index contributed by atoms with van der Waals surface area (Å²) in [6, 6.07) is 0. The van der Waals surface area contributed by atoms with E-state index in [-0.39, 0.29) is 6.42 Å². The average Bonchev–Trinajstić information content (AvgIpc) is 1.84. The Bertz CT molecular complexity index is 163. The molecular weight excluding hydrogens is 173 g/mol. The molecule has 70 valence electrons. The first kappa shape index (κ1) is 11.2. The van der Waals surface area contributed by atoms with Crippen LogP contribution in [0.2, 0.25) is 0 Å². The lowest BCUT2D eigenvalue weighted by Crippen LogP contribution is -2.20. The van der Waals surface area contributed by atoms with Gasteiger partial charge in [0.05, 0.1) is 0 Å². The van der Waals surface area contributed by atoms with Crippen LogP contribution in [0, 0.1) is 0 Å². The first-order valence-electron chi connectivity index (χ1n) is 3.23. The van der Waals surface area contributed by atoms with E-state index in [1.54, 1.807) is 0 Å². The minimum absolute atomic E-state index is 0.0395. The summed E-state index contributed by atoms with van der Waals surface area (Å²) in [7, 11) is 0. The summed E-state index contributed by atoms with van der Waals surface area (Å²) in [6.45, 7) is 1.37. The van der Waals surface area contributed by atoms with Crippen LogP contribution < -0.4 is 0 Å². The average molecular weight is 182 g/mol. The number of alkyl halides is 3. The molecule has 0 amide bonds. The highest BCUT2D eigenvalue weighted by Crippen LogP contribution is 2.14. The summed E-state index contributed by atoms with van der Waals surface area (Å²) in [4.78, 5) is 10.6. The summed E-state index contributed by atoms with van der Waals surface area (Å²) in [5.41, 5.74) is 0. The van der Waals surface area contributed by atoms with Gasteiger partial charge >= 0.3 is 6.18 Å². The highest BCUT2D eigenvalue weighted by Gasteiger charge is 2.27. The first-order chi connectivity index (χ1) is 5.45. The molecule has 0 aliphatic heterocycles. The van der Waals surface area contributed by atoms with Crippen molar-refractivity contribution in [3.8, 4) is 0 Å². The molecule has 5 heteroatoms. The summed E-state index contributed by atoms with van der Waals surface area (Å²) < 4.78 is 38.4. The van der Waals surface area contributed by atoms with Crippen molar-refractivity contribution in [3.05, 3.63) is 12.7 Å². The molecule has 0 aromatic heterocycles. The number of ketones is 1. The van der Waals surface area contributed by atoms with E-state index in [9.17, 15) is 18.0 Å². The molecule has 0 fully saturated rings. The van der Waals surface area contributed by atoms with E-state index in [2.05, 4.69) is 11.3 Å². The van der Waals surface area contributed by atoms with E-state index < -0.39 is 25.2 Å². The first-order valence-corrected chi connectivity index (χ1v) is 3.23. The zero-order valence-corrected chi connectivity index (χ0v) is 6.36. The van der Waals surface area contributed by atoms with Crippen molar-refractivity contribution in [2.75, 3.05) is 13.2 Å². The number of Topliss-reactive ketones (excluding diaryl/α,β-unsaturated/α-hetero) is 1. The van der Waals surface area contributed by atoms with Crippen molar-refractivity contribution in [1.29, 1.82) is 0 Å². The standard InChI is InChI=1S/C7H9F3O2/c1-2-3-6(11)4-12-5-7(8,9)10/h2H,1,3-5H2. The Balaban J connectivity index is 3.43. The van der Waals surface area contributed by atoms with Crippen LogP contribution in [0.4, 0.5) is 13.2 Å². The lowest BCUT2D eigenvalue weighted by atomic mass is 10.3. The molecule has 0 aromatic carbocycles. The van der Waals surface area contributed by atoms with Crippen molar-refractivity contribution in [1.82, 2.24) is 0 Å². The molecule has 0 aromatic rings. The zero-order valence-electron chi connectivity index (χ0n) is 6.36. The minimum atomic E-state index is -4.37. The number of carbonyl (C=O) groups is 1. The summed E-state index contributed by atoms with van der Waals surface area (Å²) in [6.07, 6.45) is -3.01. The van der Waals surface area contributed by atoms with Crippen LogP contribution in [0.5, 0.6) is 0 Å². The molecule has 0 saturated carbocycles. The molecule has 0 bridgehead atoms. The number of rotatable bonds is 5. The highest BCUT2D eigenvalue weighted by atomic mass is 19.4. The van der Waals surface area contributed by atoms with Crippen LogP contribution in [0.25, 0.3) is 0 Å². The third-order valence-electron chi connectivity index (χ3n) is 0.901. The molecule has 12 heavy (non-hydrogen) atoms. The van der Waals surface area contributed by atoms with Gasteiger partial charge in [-0.3, -0.25) is 4.79 Å². The van der Waals surface area contributed by atoms with Gasteiger partial charge in [0.25, 0.3) is 0 Å². The maximum Gasteiger partial charge on any atom is 0.411 e. The quantitative estimate of drug-likeness (QED) is 0.605. The normalized spacial score (nSPS) is 11.2. The lowest BCUT2D eigenvalue weighted by Gasteiger charge is -2.05. The van der Waals surface area contributed by atoms with E-state index in [1.807, 2.05) is 0 Å². The second-order valence-electron chi connectivity index (χ2n) is 2.14.